The number of rotatable bonds is 5. The third kappa shape index (κ3) is 4.40. The van der Waals surface area contributed by atoms with Crippen molar-refractivity contribution in [3.05, 3.63) is 63.7 Å². The number of fused-ring (bicyclic) bond motifs is 1. The van der Waals surface area contributed by atoms with E-state index >= 15 is 0 Å². The highest BCUT2D eigenvalue weighted by Crippen LogP contribution is 2.35. The Kier molecular flexibility index (Phi) is 6.45. The van der Waals surface area contributed by atoms with Crippen molar-refractivity contribution in [1.82, 2.24) is 14.9 Å². The Morgan fingerprint density at radius 1 is 1.25 bits per heavy atom. The number of ether oxygens (including phenoxy) is 1. The zero-order valence-electron chi connectivity index (χ0n) is 17.2. The summed E-state index contributed by atoms with van der Waals surface area (Å²) in [6.45, 7) is 3.51. The van der Waals surface area contributed by atoms with Gasteiger partial charge in [0.05, 0.1) is 23.4 Å². The van der Waals surface area contributed by atoms with Crippen LogP contribution in [0.1, 0.15) is 45.1 Å². The van der Waals surface area contributed by atoms with Crippen molar-refractivity contribution in [2.45, 2.75) is 32.6 Å². The molecule has 0 spiro atoms. The van der Waals surface area contributed by atoms with Crippen molar-refractivity contribution in [3.8, 4) is 0 Å². The molecule has 0 aliphatic heterocycles. The highest BCUT2D eigenvalue weighted by atomic mass is 35.5. The number of hydrogen-bond acceptors (Lipinski definition) is 4. The second kappa shape index (κ2) is 8.78. The first-order chi connectivity index (χ1) is 15.0. The number of alkyl halides is 3. The molecule has 3 aromatic rings. The van der Waals surface area contributed by atoms with Crippen LogP contribution in [-0.2, 0) is 11.3 Å². The molecule has 0 fully saturated rings. The van der Waals surface area contributed by atoms with E-state index in [1.54, 1.807) is 13.8 Å². The van der Waals surface area contributed by atoms with Gasteiger partial charge in [-0.15, -0.1) is 0 Å². The number of methoxy groups -OCH3 is 1. The van der Waals surface area contributed by atoms with Crippen LogP contribution in [0.4, 0.5) is 17.6 Å². The maximum absolute atomic E-state index is 13.7. The fourth-order valence-electron chi connectivity index (χ4n) is 3.35. The molecule has 2 aromatic heterocycles. The minimum Gasteiger partial charge on any atom is -0.465 e. The second-order valence-electron chi connectivity index (χ2n) is 6.92. The second-order valence-corrected chi connectivity index (χ2v) is 7.33. The molecule has 0 saturated heterocycles. The third-order valence-corrected chi connectivity index (χ3v) is 5.18. The van der Waals surface area contributed by atoms with Gasteiger partial charge in [0.1, 0.15) is 17.2 Å². The molecule has 0 saturated carbocycles. The molecule has 1 atom stereocenters. The van der Waals surface area contributed by atoms with Gasteiger partial charge < -0.3 is 14.6 Å². The molecule has 6 nitrogen and oxygen atoms in total. The number of benzene rings is 1. The smallest absolute Gasteiger partial charge is 0.412 e. The fourth-order valence-corrected chi connectivity index (χ4v) is 3.53. The highest BCUT2D eigenvalue weighted by Gasteiger charge is 2.42. The van der Waals surface area contributed by atoms with Gasteiger partial charge in [-0.05, 0) is 43.7 Å². The lowest BCUT2D eigenvalue weighted by molar-refractivity contribution is -0.155. The summed E-state index contributed by atoms with van der Waals surface area (Å²) in [5, 5.41) is 1.84. The predicted octanol–water partition coefficient (Wildman–Crippen LogP) is 4.98. The molecule has 170 valence electrons. The number of aryl methyl sites for hydroxylation is 2. The number of nitrogens with zero attached hydrogens (tertiary/aromatic N) is 2. The van der Waals surface area contributed by atoms with Gasteiger partial charge in [0.25, 0.3) is 5.91 Å². The minimum atomic E-state index is -4.87. The van der Waals surface area contributed by atoms with Crippen LogP contribution in [0.3, 0.4) is 0 Å². The van der Waals surface area contributed by atoms with E-state index in [4.69, 9.17) is 16.3 Å². The molecule has 32 heavy (non-hydrogen) atoms. The molecule has 1 amide bonds. The number of aromatic nitrogens is 2. The topological polar surface area (TPSA) is 73.2 Å². The lowest BCUT2D eigenvalue weighted by Crippen LogP contribution is -2.39. The number of carbonyl (C=O) groups is 2. The van der Waals surface area contributed by atoms with Gasteiger partial charge in [-0.25, -0.2) is 14.2 Å². The summed E-state index contributed by atoms with van der Waals surface area (Å²) in [7, 11) is 1.21. The monoisotopic (exact) mass is 471 g/mol. The van der Waals surface area contributed by atoms with E-state index in [1.165, 1.54) is 23.8 Å². The van der Waals surface area contributed by atoms with Crippen LogP contribution in [-0.4, -0.2) is 34.7 Å². The van der Waals surface area contributed by atoms with Gasteiger partial charge in [-0.1, -0.05) is 17.7 Å². The van der Waals surface area contributed by atoms with Crippen LogP contribution in [0.2, 0.25) is 5.02 Å². The molecule has 2 heterocycles. The molecule has 0 aliphatic rings. The van der Waals surface area contributed by atoms with Crippen molar-refractivity contribution < 1.29 is 31.9 Å². The van der Waals surface area contributed by atoms with Crippen molar-refractivity contribution in [2.24, 2.45) is 0 Å². The van der Waals surface area contributed by atoms with E-state index in [2.05, 4.69) is 4.98 Å². The highest BCUT2D eigenvalue weighted by molar-refractivity contribution is 6.30. The summed E-state index contributed by atoms with van der Waals surface area (Å²) < 4.78 is 60.7. The summed E-state index contributed by atoms with van der Waals surface area (Å²) in [6.07, 6.45) is -4.87. The third-order valence-electron chi connectivity index (χ3n) is 4.89. The number of hydrogen-bond donors (Lipinski definition) is 1. The first-order valence-corrected chi connectivity index (χ1v) is 9.77. The Labute approximate surface area is 185 Å². The van der Waals surface area contributed by atoms with Crippen LogP contribution in [0.25, 0.3) is 11.0 Å². The maximum atomic E-state index is 13.7. The molecular weight excluding hydrogens is 454 g/mol. The number of pyridine rings is 1. The lowest BCUT2D eigenvalue weighted by Gasteiger charge is -2.22. The van der Waals surface area contributed by atoms with Crippen LogP contribution in [0.5, 0.6) is 0 Å². The molecule has 11 heteroatoms. The van der Waals surface area contributed by atoms with Gasteiger partial charge in [-0.3, -0.25) is 4.79 Å². The summed E-state index contributed by atoms with van der Waals surface area (Å²) in [5.41, 5.74) is 0.348. The molecule has 1 aromatic carbocycles. The Morgan fingerprint density at radius 2 is 1.94 bits per heavy atom. The summed E-state index contributed by atoms with van der Waals surface area (Å²) >= 11 is 5.62. The average Bonchev–Trinajstić information content (AvgIpc) is 3.09. The molecule has 3 rings (SSSR count). The molecule has 0 radical (unpaired) electrons. The first kappa shape index (κ1) is 23.5. The number of carbonyl (C=O) groups excluding carboxylic acids is 2. The van der Waals surface area contributed by atoms with E-state index in [-0.39, 0.29) is 17.8 Å². The average molecular weight is 472 g/mol. The van der Waals surface area contributed by atoms with Crippen molar-refractivity contribution in [3.63, 3.8) is 0 Å². The normalized spacial score (nSPS) is 12.6. The van der Waals surface area contributed by atoms with Gasteiger partial charge >= 0.3 is 12.1 Å². The summed E-state index contributed by atoms with van der Waals surface area (Å²) in [5.74, 6) is -2.53. The Bertz CT molecular complexity index is 1210. The Morgan fingerprint density at radius 3 is 2.50 bits per heavy atom. The Balaban J connectivity index is 2.05. The first-order valence-electron chi connectivity index (χ1n) is 9.39. The van der Waals surface area contributed by atoms with Crippen LogP contribution in [0, 0.1) is 12.7 Å². The molecular formula is C21H18ClF4N3O3. The van der Waals surface area contributed by atoms with Gasteiger partial charge in [0.15, 0.2) is 6.04 Å². The van der Waals surface area contributed by atoms with Crippen molar-refractivity contribution >= 4 is 34.5 Å². The maximum Gasteiger partial charge on any atom is 0.412 e. The molecule has 1 N–H and O–H groups in total. The quantitative estimate of drug-likeness (QED) is 0.421. The number of halogens is 5. The van der Waals surface area contributed by atoms with Crippen LogP contribution in [0.15, 0.2) is 30.3 Å². The fraction of sp³-hybridized carbons (Fsp3) is 0.286. The van der Waals surface area contributed by atoms with Gasteiger partial charge in [-0.2, -0.15) is 13.2 Å². The van der Waals surface area contributed by atoms with Crippen LogP contribution >= 0.6 is 11.6 Å². The van der Waals surface area contributed by atoms with E-state index in [9.17, 15) is 27.2 Å². The van der Waals surface area contributed by atoms with Gasteiger partial charge in [0, 0.05) is 11.9 Å². The molecule has 1 unspecified atom stereocenters. The van der Waals surface area contributed by atoms with Crippen LogP contribution < -0.4 is 5.32 Å². The summed E-state index contributed by atoms with van der Waals surface area (Å²) in [4.78, 5) is 29.1. The Hall–Kier alpha value is -3.14. The summed E-state index contributed by atoms with van der Waals surface area (Å²) in [6, 6.07) is 2.91. The van der Waals surface area contributed by atoms with E-state index in [1.807, 2.05) is 5.32 Å². The van der Waals surface area contributed by atoms with Gasteiger partial charge in [0.2, 0.25) is 0 Å². The van der Waals surface area contributed by atoms with E-state index < -0.39 is 40.5 Å². The minimum absolute atomic E-state index is 0.0844. The van der Waals surface area contributed by atoms with Crippen molar-refractivity contribution in [1.29, 1.82) is 0 Å². The predicted molar refractivity (Wildman–Crippen MR) is 109 cm³/mol. The molecule has 0 bridgehead atoms. The number of nitrogens with one attached hydrogen (secondary N) is 1. The zero-order valence-corrected chi connectivity index (χ0v) is 17.9. The standard InChI is InChI=1S/C21H18ClF4N3O3/c1-4-29-16(9-12-7-13(20(31)32-3)10(2)27-18(12)29)19(30)28-17(21(24,25)26)11-5-6-15(23)14(22)8-11/h5-9,17H,4H2,1-3H3,(H,28,30). The van der Waals surface area contributed by atoms with E-state index in [0.717, 1.165) is 18.2 Å². The van der Waals surface area contributed by atoms with E-state index in [0.29, 0.717) is 16.7 Å². The molecule has 0 aliphatic carbocycles. The SMILES string of the molecule is CCn1c(C(=O)NC(c2ccc(F)c(Cl)c2)C(F)(F)F)cc2cc(C(=O)OC)c(C)nc21. The zero-order chi connectivity index (χ0) is 23.8. The lowest BCUT2D eigenvalue weighted by atomic mass is 10.1. The van der Waals surface area contributed by atoms with Crippen molar-refractivity contribution in [2.75, 3.05) is 7.11 Å². The largest absolute Gasteiger partial charge is 0.465 e. The number of amides is 1. The number of esters is 1.